The molecule has 1 aromatic carbocycles. The molecule has 1 aromatic rings. The molecule has 2 aliphatic heterocycles. The number of hydrogen-bond acceptors (Lipinski definition) is 4. The average Bonchev–Trinajstić information content (AvgIpc) is 3.09. The van der Waals surface area contributed by atoms with Gasteiger partial charge in [0.05, 0.1) is 11.3 Å². The summed E-state index contributed by atoms with van der Waals surface area (Å²) in [6.07, 6.45) is 4.02. The number of anilines is 2. The Balaban J connectivity index is 1.91. The minimum atomic E-state index is -0.0193. The Kier molecular flexibility index (Phi) is 3.92. The van der Waals surface area contributed by atoms with Crippen molar-refractivity contribution in [1.82, 2.24) is 4.31 Å². The van der Waals surface area contributed by atoms with Crippen molar-refractivity contribution in [2.75, 3.05) is 29.9 Å². The number of hydrogen-bond donors (Lipinski definition) is 1. The highest BCUT2D eigenvalue weighted by molar-refractivity contribution is 8.00. The van der Waals surface area contributed by atoms with Crippen LogP contribution in [-0.4, -0.2) is 29.8 Å². The van der Waals surface area contributed by atoms with Crippen LogP contribution in [-0.2, 0) is 4.79 Å². The fraction of sp³-hybridized carbons (Fsp3) is 0.312. The van der Waals surface area contributed by atoms with E-state index in [1.165, 1.54) is 0 Å². The Hall–Kier alpha value is -1.88. The highest BCUT2D eigenvalue weighted by Crippen LogP contribution is 2.36. The van der Waals surface area contributed by atoms with Crippen LogP contribution in [0.25, 0.3) is 5.57 Å². The molecule has 0 aliphatic carbocycles. The molecule has 4 nitrogen and oxygen atoms in total. The molecule has 0 radical (unpaired) electrons. The number of amides is 1. The zero-order chi connectivity index (χ0) is 14.8. The largest absolute Gasteiger partial charge is 0.372 e. The number of carbonyl (C=O) groups is 1. The van der Waals surface area contributed by atoms with Gasteiger partial charge >= 0.3 is 0 Å². The molecule has 0 unspecified atom stereocenters. The zero-order valence-corrected chi connectivity index (χ0v) is 13.1. The first-order valence-electron chi connectivity index (χ1n) is 7.24. The van der Waals surface area contributed by atoms with Crippen LogP contribution in [0.5, 0.6) is 0 Å². The van der Waals surface area contributed by atoms with Crippen molar-refractivity contribution in [2.45, 2.75) is 13.8 Å². The van der Waals surface area contributed by atoms with Gasteiger partial charge in [0.2, 0.25) is 0 Å². The van der Waals surface area contributed by atoms with Gasteiger partial charge in [-0.05, 0) is 49.4 Å². The van der Waals surface area contributed by atoms with E-state index >= 15 is 0 Å². The molecule has 1 amide bonds. The summed E-state index contributed by atoms with van der Waals surface area (Å²) < 4.78 is 2.06. The molecule has 3 rings (SSSR count). The van der Waals surface area contributed by atoms with Gasteiger partial charge in [0.25, 0.3) is 5.91 Å². The summed E-state index contributed by atoms with van der Waals surface area (Å²) in [6, 6.07) is 6.20. The molecule has 0 spiro atoms. The second kappa shape index (κ2) is 5.85. The third-order valence-corrected chi connectivity index (χ3v) is 4.61. The van der Waals surface area contributed by atoms with Crippen molar-refractivity contribution in [3.8, 4) is 0 Å². The topological polar surface area (TPSA) is 35.6 Å². The van der Waals surface area contributed by atoms with Crippen LogP contribution in [0.3, 0.4) is 0 Å². The number of benzene rings is 1. The Morgan fingerprint density at radius 3 is 2.86 bits per heavy atom. The number of fused-ring (bicyclic) bond motifs is 1. The summed E-state index contributed by atoms with van der Waals surface area (Å²) >= 11 is 1.61. The molecule has 2 heterocycles. The van der Waals surface area contributed by atoms with Crippen LogP contribution in [0.4, 0.5) is 11.4 Å². The Bertz CT molecular complexity index is 612. The van der Waals surface area contributed by atoms with Crippen molar-refractivity contribution in [3.05, 3.63) is 41.4 Å². The molecule has 0 atom stereocenters. The molecular formula is C16H19N3OS. The highest BCUT2D eigenvalue weighted by Gasteiger charge is 2.25. The van der Waals surface area contributed by atoms with Crippen LogP contribution >= 0.6 is 11.9 Å². The fourth-order valence-electron chi connectivity index (χ4n) is 2.63. The first kappa shape index (κ1) is 14.1. The van der Waals surface area contributed by atoms with Crippen molar-refractivity contribution in [1.29, 1.82) is 0 Å². The summed E-state index contributed by atoms with van der Waals surface area (Å²) in [5.74, 6) is -0.0193. The maximum Gasteiger partial charge on any atom is 0.257 e. The van der Waals surface area contributed by atoms with Crippen LogP contribution in [0.15, 0.2) is 35.9 Å². The summed E-state index contributed by atoms with van der Waals surface area (Å²) in [4.78, 5) is 14.5. The van der Waals surface area contributed by atoms with Gasteiger partial charge in [0.15, 0.2) is 0 Å². The second-order valence-corrected chi connectivity index (χ2v) is 5.93. The molecule has 5 heteroatoms. The lowest BCUT2D eigenvalue weighted by Crippen LogP contribution is -2.21. The van der Waals surface area contributed by atoms with E-state index in [1.54, 1.807) is 11.9 Å². The smallest absolute Gasteiger partial charge is 0.257 e. The number of carbonyl (C=O) groups excluding carboxylic acids is 1. The molecule has 2 aliphatic rings. The maximum absolute atomic E-state index is 12.2. The third kappa shape index (κ3) is 2.65. The van der Waals surface area contributed by atoms with Crippen LogP contribution in [0.1, 0.15) is 19.4 Å². The molecule has 21 heavy (non-hydrogen) atoms. The van der Waals surface area contributed by atoms with E-state index in [-0.39, 0.29) is 5.91 Å². The maximum atomic E-state index is 12.2. The van der Waals surface area contributed by atoms with Gasteiger partial charge in [-0.15, -0.1) is 0 Å². The number of nitrogens with zero attached hydrogens (tertiary/aromatic N) is 2. The quantitative estimate of drug-likeness (QED) is 0.684. The lowest BCUT2D eigenvalue weighted by Gasteiger charge is -2.21. The van der Waals surface area contributed by atoms with Gasteiger partial charge in [-0.25, -0.2) is 0 Å². The minimum absolute atomic E-state index is 0.0193. The molecule has 0 fully saturated rings. The van der Waals surface area contributed by atoms with Crippen molar-refractivity contribution in [2.24, 2.45) is 0 Å². The van der Waals surface area contributed by atoms with Crippen LogP contribution in [0, 0.1) is 0 Å². The van der Waals surface area contributed by atoms with E-state index in [2.05, 4.69) is 46.6 Å². The first-order valence-corrected chi connectivity index (χ1v) is 8.07. The second-order valence-electron chi connectivity index (χ2n) is 4.98. The lowest BCUT2D eigenvalue weighted by molar-refractivity contribution is -0.110. The van der Waals surface area contributed by atoms with Crippen molar-refractivity contribution >= 4 is 34.8 Å². The lowest BCUT2D eigenvalue weighted by atomic mass is 10.1. The predicted octanol–water partition coefficient (Wildman–Crippen LogP) is 3.30. The number of nitrogens with one attached hydrogen (secondary N) is 1. The molecular weight excluding hydrogens is 282 g/mol. The standard InChI is InChI=1S/C16H19N3OS/c1-3-18(4-2)12-6-7-13-14(11-19-8-5-9-21-19)16(20)17-15(13)10-12/h5-7,9-11H,3-4,8H2,1-2H3,(H,17,20). The summed E-state index contributed by atoms with van der Waals surface area (Å²) in [6.45, 7) is 7.04. The van der Waals surface area contributed by atoms with Crippen molar-refractivity contribution < 1.29 is 4.79 Å². The molecule has 0 aromatic heterocycles. The van der Waals surface area contributed by atoms with Crippen LogP contribution in [0.2, 0.25) is 0 Å². The molecule has 0 saturated heterocycles. The van der Waals surface area contributed by atoms with E-state index in [0.29, 0.717) is 0 Å². The molecule has 0 bridgehead atoms. The third-order valence-electron chi connectivity index (χ3n) is 3.77. The SMILES string of the molecule is CCN(CC)c1ccc2c(c1)NC(=O)C2=CN1CC=CS1. The Labute approximate surface area is 129 Å². The normalized spacial score (nSPS) is 18.3. The van der Waals surface area contributed by atoms with Crippen molar-refractivity contribution in [3.63, 3.8) is 0 Å². The summed E-state index contributed by atoms with van der Waals surface area (Å²) in [5, 5.41) is 5.01. The van der Waals surface area contributed by atoms with E-state index in [9.17, 15) is 4.79 Å². The van der Waals surface area contributed by atoms with Gasteiger partial charge < -0.3 is 14.5 Å². The average molecular weight is 301 g/mol. The van der Waals surface area contributed by atoms with Gasteiger partial charge in [0, 0.05) is 37.1 Å². The summed E-state index contributed by atoms with van der Waals surface area (Å²) in [7, 11) is 0. The first-order chi connectivity index (χ1) is 10.2. The molecule has 0 saturated carbocycles. The van der Waals surface area contributed by atoms with Gasteiger partial charge in [-0.3, -0.25) is 4.79 Å². The molecule has 110 valence electrons. The minimum Gasteiger partial charge on any atom is -0.372 e. The Morgan fingerprint density at radius 1 is 1.38 bits per heavy atom. The van der Waals surface area contributed by atoms with Gasteiger partial charge in [-0.1, -0.05) is 6.08 Å². The zero-order valence-electron chi connectivity index (χ0n) is 12.3. The molecule has 1 N–H and O–H groups in total. The van der Waals surface area contributed by atoms with E-state index in [1.807, 2.05) is 17.7 Å². The monoisotopic (exact) mass is 301 g/mol. The Morgan fingerprint density at radius 2 is 2.19 bits per heavy atom. The number of rotatable bonds is 4. The summed E-state index contributed by atoms with van der Waals surface area (Å²) in [5.41, 5.74) is 3.79. The fourth-order valence-corrected chi connectivity index (χ4v) is 3.30. The van der Waals surface area contributed by atoms with E-state index in [4.69, 9.17) is 0 Å². The van der Waals surface area contributed by atoms with Gasteiger partial charge in [-0.2, -0.15) is 0 Å². The van der Waals surface area contributed by atoms with E-state index < -0.39 is 0 Å². The van der Waals surface area contributed by atoms with Gasteiger partial charge in [0.1, 0.15) is 0 Å². The highest BCUT2D eigenvalue weighted by atomic mass is 32.2. The van der Waals surface area contributed by atoms with E-state index in [0.717, 1.165) is 42.1 Å². The van der Waals surface area contributed by atoms with Crippen LogP contribution < -0.4 is 10.2 Å². The predicted molar refractivity (Wildman–Crippen MR) is 90.0 cm³/mol.